The summed E-state index contributed by atoms with van der Waals surface area (Å²) in [5.41, 5.74) is 9.90. The minimum absolute atomic E-state index is 0.0311. The molecule has 4 N–H and O–H groups in total. The highest BCUT2D eigenvalue weighted by Gasteiger charge is 2.25. The predicted molar refractivity (Wildman–Crippen MR) is 79.9 cm³/mol. The van der Waals surface area contributed by atoms with Crippen LogP contribution in [0, 0.1) is 0 Å². The van der Waals surface area contributed by atoms with Gasteiger partial charge in [-0.2, -0.15) is 0 Å². The first-order valence-electron chi connectivity index (χ1n) is 6.36. The summed E-state index contributed by atoms with van der Waals surface area (Å²) in [6.07, 6.45) is 3.66. The molecule has 2 aromatic rings. The molecule has 100 valence electrons. The van der Waals surface area contributed by atoms with Gasteiger partial charge in [0.25, 0.3) is 0 Å². The molecule has 0 bridgehead atoms. The molecule has 0 aliphatic carbocycles. The molecule has 1 aromatic heterocycles. The minimum atomic E-state index is 0.0311. The third-order valence-corrected chi connectivity index (χ3v) is 3.64. The van der Waals surface area contributed by atoms with Crippen LogP contribution in [0.15, 0.2) is 23.3 Å². The molecule has 0 fully saturated rings. The van der Waals surface area contributed by atoms with E-state index in [-0.39, 0.29) is 5.54 Å². The maximum Gasteiger partial charge on any atom is 0.0919 e. The van der Waals surface area contributed by atoms with Crippen molar-refractivity contribution < 1.29 is 0 Å². The summed E-state index contributed by atoms with van der Waals surface area (Å²) in [5.74, 6) is 5.92. The SMILES string of the molecule is CC(C)(C)N1C=Nc2ccc3c(c(N)cn3N)c2C1. The van der Waals surface area contributed by atoms with Crippen molar-refractivity contribution >= 4 is 28.6 Å². The van der Waals surface area contributed by atoms with Gasteiger partial charge in [-0.25, -0.2) is 4.99 Å². The number of benzene rings is 1. The number of fused-ring (bicyclic) bond motifs is 3. The summed E-state index contributed by atoms with van der Waals surface area (Å²) in [4.78, 5) is 6.75. The zero-order valence-corrected chi connectivity index (χ0v) is 11.5. The largest absolute Gasteiger partial charge is 0.397 e. The maximum atomic E-state index is 6.08. The quantitative estimate of drug-likeness (QED) is 0.711. The van der Waals surface area contributed by atoms with Crippen molar-refractivity contribution in [1.82, 2.24) is 9.58 Å². The molecule has 1 aromatic carbocycles. The molecule has 0 atom stereocenters. The van der Waals surface area contributed by atoms with E-state index >= 15 is 0 Å². The van der Waals surface area contributed by atoms with Gasteiger partial charge >= 0.3 is 0 Å². The summed E-state index contributed by atoms with van der Waals surface area (Å²) in [6.45, 7) is 7.30. The van der Waals surface area contributed by atoms with E-state index in [0.29, 0.717) is 5.69 Å². The average Bonchev–Trinajstić information content (AvgIpc) is 2.63. The number of nitrogens with zero attached hydrogens (tertiary/aromatic N) is 3. The lowest BCUT2D eigenvalue weighted by Crippen LogP contribution is -2.40. The second-order valence-electron chi connectivity index (χ2n) is 5.99. The Morgan fingerprint density at radius 1 is 1.26 bits per heavy atom. The van der Waals surface area contributed by atoms with Crippen LogP contribution in [0.1, 0.15) is 26.3 Å². The Hall–Kier alpha value is -2.17. The summed E-state index contributed by atoms with van der Waals surface area (Å²) < 4.78 is 1.57. The van der Waals surface area contributed by atoms with Gasteiger partial charge in [0.1, 0.15) is 0 Å². The number of nitrogens with two attached hydrogens (primary N) is 2. The summed E-state index contributed by atoms with van der Waals surface area (Å²) in [7, 11) is 0. The monoisotopic (exact) mass is 257 g/mol. The number of hydrogen-bond donors (Lipinski definition) is 2. The van der Waals surface area contributed by atoms with Gasteiger partial charge in [0.05, 0.1) is 23.2 Å². The van der Waals surface area contributed by atoms with Gasteiger partial charge in [0.15, 0.2) is 0 Å². The molecular weight excluding hydrogens is 238 g/mol. The molecule has 2 heterocycles. The summed E-state index contributed by atoms with van der Waals surface area (Å²) in [5, 5.41) is 1.02. The van der Waals surface area contributed by atoms with Crippen LogP contribution in [0.5, 0.6) is 0 Å². The normalized spacial score (nSPS) is 15.0. The van der Waals surface area contributed by atoms with Gasteiger partial charge < -0.3 is 16.5 Å². The van der Waals surface area contributed by atoms with Crippen LogP contribution >= 0.6 is 0 Å². The van der Waals surface area contributed by atoms with E-state index < -0.39 is 0 Å². The molecule has 5 nitrogen and oxygen atoms in total. The van der Waals surface area contributed by atoms with Gasteiger partial charge in [0.2, 0.25) is 0 Å². The molecule has 0 saturated heterocycles. The lowest BCUT2D eigenvalue weighted by Gasteiger charge is -2.36. The smallest absolute Gasteiger partial charge is 0.0919 e. The first-order valence-corrected chi connectivity index (χ1v) is 6.36. The van der Waals surface area contributed by atoms with Gasteiger partial charge in [-0.05, 0) is 32.9 Å². The minimum Gasteiger partial charge on any atom is -0.397 e. The molecule has 0 spiro atoms. The van der Waals surface area contributed by atoms with E-state index in [9.17, 15) is 0 Å². The van der Waals surface area contributed by atoms with Crippen molar-refractivity contribution in [3.8, 4) is 0 Å². The van der Waals surface area contributed by atoms with Crippen LogP contribution in [0.3, 0.4) is 0 Å². The molecular formula is C14H19N5. The summed E-state index contributed by atoms with van der Waals surface area (Å²) in [6, 6.07) is 3.96. The van der Waals surface area contributed by atoms with Crippen LogP contribution in [-0.2, 0) is 6.54 Å². The van der Waals surface area contributed by atoms with Crippen molar-refractivity contribution in [2.75, 3.05) is 11.6 Å². The first-order chi connectivity index (χ1) is 8.88. The lowest BCUT2D eigenvalue weighted by molar-refractivity contribution is 0.236. The Balaban J connectivity index is 2.21. The highest BCUT2D eigenvalue weighted by Crippen LogP contribution is 2.36. The van der Waals surface area contributed by atoms with Crippen molar-refractivity contribution in [2.45, 2.75) is 32.9 Å². The number of aromatic nitrogens is 1. The van der Waals surface area contributed by atoms with Crippen LogP contribution in [0.4, 0.5) is 11.4 Å². The van der Waals surface area contributed by atoms with E-state index in [0.717, 1.165) is 28.7 Å². The van der Waals surface area contributed by atoms with Crippen LogP contribution in [0.2, 0.25) is 0 Å². The van der Waals surface area contributed by atoms with Crippen molar-refractivity contribution in [3.05, 3.63) is 23.9 Å². The van der Waals surface area contributed by atoms with Crippen molar-refractivity contribution in [3.63, 3.8) is 0 Å². The Labute approximate surface area is 112 Å². The van der Waals surface area contributed by atoms with Gasteiger partial charge in [-0.1, -0.05) is 0 Å². The van der Waals surface area contributed by atoms with E-state index in [1.165, 1.54) is 0 Å². The van der Waals surface area contributed by atoms with E-state index in [4.69, 9.17) is 11.6 Å². The fourth-order valence-corrected chi connectivity index (χ4v) is 2.48. The average molecular weight is 257 g/mol. The molecule has 1 aliphatic rings. The van der Waals surface area contributed by atoms with Crippen molar-refractivity contribution in [2.24, 2.45) is 4.99 Å². The Morgan fingerprint density at radius 3 is 2.68 bits per heavy atom. The molecule has 0 saturated carbocycles. The van der Waals surface area contributed by atoms with E-state index in [1.54, 1.807) is 10.9 Å². The number of aliphatic imine (C=N–C) groups is 1. The summed E-state index contributed by atoms with van der Waals surface area (Å²) >= 11 is 0. The van der Waals surface area contributed by atoms with E-state index in [2.05, 4.69) is 30.7 Å². The fraction of sp³-hybridized carbons (Fsp3) is 0.357. The predicted octanol–water partition coefficient (Wildman–Crippen LogP) is 2.21. The Bertz CT molecular complexity index is 675. The van der Waals surface area contributed by atoms with Crippen LogP contribution in [0.25, 0.3) is 10.9 Å². The second-order valence-corrected chi connectivity index (χ2v) is 5.99. The molecule has 0 amide bonds. The molecule has 1 aliphatic heterocycles. The second kappa shape index (κ2) is 3.66. The molecule has 3 rings (SSSR count). The zero-order chi connectivity index (χ0) is 13.8. The van der Waals surface area contributed by atoms with Gasteiger partial charge in [0, 0.05) is 29.2 Å². The Morgan fingerprint density at radius 2 is 2.00 bits per heavy atom. The number of hydrogen-bond acceptors (Lipinski definition) is 4. The third-order valence-electron chi connectivity index (χ3n) is 3.64. The third kappa shape index (κ3) is 1.73. The number of rotatable bonds is 0. The lowest BCUT2D eigenvalue weighted by atomic mass is 10.0. The van der Waals surface area contributed by atoms with Crippen molar-refractivity contribution in [1.29, 1.82) is 0 Å². The molecule has 5 heteroatoms. The maximum absolute atomic E-state index is 6.08. The zero-order valence-electron chi connectivity index (χ0n) is 11.5. The fourth-order valence-electron chi connectivity index (χ4n) is 2.48. The topological polar surface area (TPSA) is 72.6 Å². The highest BCUT2D eigenvalue weighted by molar-refractivity contribution is 5.98. The standard InChI is InChI=1S/C14H19N5/c1-14(2,3)18-6-9-11(17-8-18)4-5-12-13(9)10(15)7-19(12)16/h4-5,7-8H,6,15-16H2,1-3H3. The Kier molecular flexibility index (Phi) is 2.29. The van der Waals surface area contributed by atoms with Crippen LogP contribution < -0.4 is 11.6 Å². The van der Waals surface area contributed by atoms with E-state index in [1.807, 2.05) is 18.5 Å². The van der Waals surface area contributed by atoms with Gasteiger partial charge in [-0.3, -0.25) is 4.68 Å². The molecule has 0 radical (unpaired) electrons. The molecule has 0 unspecified atom stereocenters. The van der Waals surface area contributed by atoms with Crippen LogP contribution in [-0.4, -0.2) is 21.5 Å². The number of nitrogen functional groups attached to an aromatic ring is 2. The first kappa shape index (κ1) is 11.9. The number of anilines is 1. The molecule has 19 heavy (non-hydrogen) atoms. The highest BCUT2D eigenvalue weighted by atomic mass is 15.3. The van der Waals surface area contributed by atoms with Gasteiger partial charge in [-0.15, -0.1) is 0 Å².